The van der Waals surface area contributed by atoms with Gasteiger partial charge in [0.1, 0.15) is 11.5 Å². The molecular weight excluding hydrogens is 346 g/mol. The number of methoxy groups -OCH3 is 2. The highest BCUT2D eigenvalue weighted by molar-refractivity contribution is 6.04. The van der Waals surface area contributed by atoms with Crippen LogP contribution in [0.1, 0.15) is 12.0 Å². The molecule has 1 unspecified atom stereocenters. The van der Waals surface area contributed by atoms with E-state index in [-0.39, 0.29) is 24.8 Å². The van der Waals surface area contributed by atoms with Crippen molar-refractivity contribution in [2.75, 3.05) is 31.0 Å². The molecule has 1 saturated heterocycles. The largest absolute Gasteiger partial charge is 0.497 e. The number of carbonyl (C=O) groups excluding carboxylic acids is 2. The highest BCUT2D eigenvalue weighted by Crippen LogP contribution is 2.36. The first-order valence-electron chi connectivity index (χ1n) is 8.39. The third-order valence-electron chi connectivity index (χ3n) is 4.43. The Morgan fingerprint density at radius 1 is 1.22 bits per heavy atom. The average Bonchev–Trinajstić information content (AvgIpc) is 3.09. The maximum atomic E-state index is 12.6. The minimum atomic E-state index is -0.491. The number of anilines is 2. The number of ether oxygens (including phenoxy) is 2. The van der Waals surface area contributed by atoms with Gasteiger partial charge in [-0.15, -0.1) is 0 Å². The quantitative estimate of drug-likeness (QED) is 0.879. The number of nitrogens with zero attached hydrogens (tertiary/aromatic N) is 2. The number of nitrogens with one attached hydrogen (secondary N) is 1. The third-order valence-corrected chi connectivity index (χ3v) is 4.43. The fourth-order valence-electron chi connectivity index (χ4n) is 3.03. The average molecular weight is 365 g/mol. The summed E-state index contributed by atoms with van der Waals surface area (Å²) in [6, 6.07) is 13.9. The van der Waals surface area contributed by atoms with Gasteiger partial charge in [0, 0.05) is 24.7 Å². The second-order valence-electron chi connectivity index (χ2n) is 6.13. The van der Waals surface area contributed by atoms with Gasteiger partial charge in [-0.3, -0.25) is 9.59 Å². The van der Waals surface area contributed by atoms with Crippen LogP contribution in [0.2, 0.25) is 0 Å². The lowest BCUT2D eigenvalue weighted by Crippen LogP contribution is -2.28. The van der Waals surface area contributed by atoms with E-state index in [4.69, 9.17) is 14.7 Å². The van der Waals surface area contributed by atoms with Crippen LogP contribution in [0.4, 0.5) is 11.4 Å². The second-order valence-corrected chi connectivity index (χ2v) is 6.13. The zero-order valence-electron chi connectivity index (χ0n) is 15.1. The minimum absolute atomic E-state index is 0.110. The van der Waals surface area contributed by atoms with Crippen LogP contribution in [0.5, 0.6) is 11.5 Å². The van der Waals surface area contributed by atoms with E-state index in [2.05, 4.69) is 5.32 Å². The van der Waals surface area contributed by atoms with E-state index >= 15 is 0 Å². The molecule has 1 fully saturated rings. The summed E-state index contributed by atoms with van der Waals surface area (Å²) in [5.41, 5.74) is 1.59. The van der Waals surface area contributed by atoms with Crippen molar-refractivity contribution in [1.82, 2.24) is 0 Å². The zero-order chi connectivity index (χ0) is 19.4. The lowest BCUT2D eigenvalue weighted by Gasteiger charge is -2.20. The van der Waals surface area contributed by atoms with Crippen LogP contribution < -0.4 is 19.7 Å². The number of nitriles is 1. The molecule has 27 heavy (non-hydrogen) atoms. The van der Waals surface area contributed by atoms with Gasteiger partial charge in [0.25, 0.3) is 0 Å². The maximum absolute atomic E-state index is 12.6. The van der Waals surface area contributed by atoms with Crippen molar-refractivity contribution in [1.29, 1.82) is 5.26 Å². The summed E-state index contributed by atoms with van der Waals surface area (Å²) >= 11 is 0. The Balaban J connectivity index is 1.75. The molecule has 2 aromatic rings. The molecule has 3 rings (SSSR count). The van der Waals surface area contributed by atoms with Gasteiger partial charge in [0.2, 0.25) is 11.8 Å². The number of rotatable bonds is 5. The smallest absolute Gasteiger partial charge is 0.229 e. The van der Waals surface area contributed by atoms with E-state index in [1.54, 1.807) is 54.5 Å². The monoisotopic (exact) mass is 365 g/mol. The van der Waals surface area contributed by atoms with E-state index in [1.165, 1.54) is 7.11 Å². The first-order valence-corrected chi connectivity index (χ1v) is 8.39. The van der Waals surface area contributed by atoms with Gasteiger partial charge >= 0.3 is 0 Å². The number of benzene rings is 2. The lowest BCUT2D eigenvalue weighted by atomic mass is 10.1. The SMILES string of the molecule is COc1ccc(N2CC(C(=O)Nc3cccc(C#N)c3)CC2=O)c(OC)c1. The van der Waals surface area contributed by atoms with Gasteiger partial charge in [-0.2, -0.15) is 5.26 Å². The van der Waals surface area contributed by atoms with E-state index < -0.39 is 5.92 Å². The normalized spacial score (nSPS) is 16.0. The lowest BCUT2D eigenvalue weighted by molar-refractivity contribution is -0.122. The predicted molar refractivity (Wildman–Crippen MR) is 99.8 cm³/mol. The molecule has 0 bridgehead atoms. The summed E-state index contributed by atoms with van der Waals surface area (Å²) < 4.78 is 10.5. The summed E-state index contributed by atoms with van der Waals surface area (Å²) in [5.74, 6) is 0.229. The topological polar surface area (TPSA) is 91.7 Å². The predicted octanol–water partition coefficient (Wildman–Crippen LogP) is 2.57. The summed E-state index contributed by atoms with van der Waals surface area (Å²) in [7, 11) is 3.07. The molecule has 0 saturated carbocycles. The molecule has 1 atom stereocenters. The molecule has 0 radical (unpaired) electrons. The van der Waals surface area contributed by atoms with Crippen LogP contribution in [0.15, 0.2) is 42.5 Å². The fraction of sp³-hybridized carbons (Fsp3) is 0.250. The van der Waals surface area contributed by atoms with Gasteiger partial charge in [-0.25, -0.2) is 0 Å². The molecule has 1 heterocycles. The number of hydrogen-bond acceptors (Lipinski definition) is 5. The molecule has 2 amide bonds. The Morgan fingerprint density at radius 3 is 2.74 bits per heavy atom. The van der Waals surface area contributed by atoms with Crippen LogP contribution in [0.25, 0.3) is 0 Å². The summed E-state index contributed by atoms with van der Waals surface area (Å²) in [5, 5.41) is 11.7. The standard InChI is InChI=1S/C20H19N3O4/c1-26-16-6-7-17(18(10-16)27-2)23-12-14(9-19(23)24)20(25)22-15-5-3-4-13(8-15)11-21/h3-8,10,14H,9,12H2,1-2H3,(H,22,25). The first kappa shape index (κ1) is 18.3. The van der Waals surface area contributed by atoms with Crippen LogP contribution in [-0.2, 0) is 9.59 Å². The molecule has 1 aliphatic heterocycles. The van der Waals surface area contributed by atoms with Gasteiger partial charge < -0.3 is 19.7 Å². The van der Waals surface area contributed by atoms with Crippen LogP contribution in [0, 0.1) is 17.2 Å². The Labute approximate surface area is 157 Å². The van der Waals surface area contributed by atoms with Gasteiger partial charge in [-0.05, 0) is 30.3 Å². The van der Waals surface area contributed by atoms with E-state index in [0.29, 0.717) is 28.4 Å². The molecular formula is C20H19N3O4. The van der Waals surface area contributed by atoms with Crippen molar-refractivity contribution < 1.29 is 19.1 Å². The second kappa shape index (κ2) is 7.79. The number of amides is 2. The van der Waals surface area contributed by atoms with Crippen molar-refractivity contribution in [3.63, 3.8) is 0 Å². The fourth-order valence-corrected chi connectivity index (χ4v) is 3.03. The Kier molecular flexibility index (Phi) is 5.27. The summed E-state index contributed by atoms with van der Waals surface area (Å²) in [6.07, 6.45) is 0.110. The van der Waals surface area contributed by atoms with Crippen LogP contribution in [-0.4, -0.2) is 32.6 Å². The third kappa shape index (κ3) is 3.85. The molecule has 2 aromatic carbocycles. The summed E-state index contributed by atoms with van der Waals surface area (Å²) in [4.78, 5) is 26.6. The first-order chi connectivity index (χ1) is 13.0. The molecule has 138 valence electrons. The van der Waals surface area contributed by atoms with Crippen LogP contribution >= 0.6 is 0 Å². The maximum Gasteiger partial charge on any atom is 0.229 e. The molecule has 7 heteroatoms. The molecule has 0 aromatic heterocycles. The van der Waals surface area contributed by atoms with Crippen molar-refractivity contribution in [2.24, 2.45) is 5.92 Å². The van der Waals surface area contributed by atoms with E-state index in [0.717, 1.165) is 0 Å². The highest BCUT2D eigenvalue weighted by Gasteiger charge is 2.36. The Morgan fingerprint density at radius 2 is 2.04 bits per heavy atom. The van der Waals surface area contributed by atoms with Gasteiger partial charge in [-0.1, -0.05) is 6.07 Å². The van der Waals surface area contributed by atoms with E-state index in [1.807, 2.05) is 6.07 Å². The van der Waals surface area contributed by atoms with Crippen molar-refractivity contribution in [3.05, 3.63) is 48.0 Å². The summed E-state index contributed by atoms with van der Waals surface area (Å²) in [6.45, 7) is 0.255. The van der Waals surface area contributed by atoms with Gasteiger partial charge in [0.05, 0.1) is 37.5 Å². The number of hydrogen-bond donors (Lipinski definition) is 1. The van der Waals surface area contributed by atoms with E-state index in [9.17, 15) is 9.59 Å². The molecule has 1 aliphatic rings. The van der Waals surface area contributed by atoms with Crippen LogP contribution in [0.3, 0.4) is 0 Å². The molecule has 1 N–H and O–H groups in total. The van der Waals surface area contributed by atoms with Gasteiger partial charge in [0.15, 0.2) is 0 Å². The molecule has 0 aliphatic carbocycles. The van der Waals surface area contributed by atoms with Crippen molar-refractivity contribution >= 4 is 23.2 Å². The molecule has 7 nitrogen and oxygen atoms in total. The highest BCUT2D eigenvalue weighted by atomic mass is 16.5. The Bertz CT molecular complexity index is 920. The molecule has 0 spiro atoms. The number of carbonyl (C=O) groups is 2. The Hall–Kier alpha value is -3.53. The van der Waals surface area contributed by atoms with Crippen molar-refractivity contribution in [3.8, 4) is 17.6 Å². The zero-order valence-corrected chi connectivity index (χ0v) is 15.1. The van der Waals surface area contributed by atoms with Crippen molar-refractivity contribution in [2.45, 2.75) is 6.42 Å². The minimum Gasteiger partial charge on any atom is -0.497 e.